The summed E-state index contributed by atoms with van der Waals surface area (Å²) in [6.45, 7) is -0.175. The lowest BCUT2D eigenvalue weighted by Crippen LogP contribution is -2.54. The van der Waals surface area contributed by atoms with Crippen LogP contribution in [0.5, 0.6) is 5.75 Å². The minimum atomic E-state index is -1.01. The monoisotopic (exact) mass is 411 g/mol. The molecule has 4 atom stereocenters. The van der Waals surface area contributed by atoms with Gasteiger partial charge in [0.05, 0.1) is 11.1 Å². The molecule has 5 amide bonds. The van der Waals surface area contributed by atoms with Crippen LogP contribution >= 0.6 is 0 Å². The van der Waals surface area contributed by atoms with Crippen LogP contribution in [0.3, 0.4) is 0 Å². The van der Waals surface area contributed by atoms with E-state index >= 15 is 0 Å². The van der Waals surface area contributed by atoms with E-state index in [1.807, 2.05) is 0 Å². The molecule has 3 fully saturated rings. The number of carbonyl (C=O) groups excluding carboxylic acids is 5. The lowest BCUT2D eigenvalue weighted by Gasteiger charge is -2.27. The van der Waals surface area contributed by atoms with Crippen LogP contribution in [0.4, 0.5) is 0 Å². The third-order valence-corrected chi connectivity index (χ3v) is 6.47. The summed E-state index contributed by atoms with van der Waals surface area (Å²) in [6, 6.07) is 3.62. The van der Waals surface area contributed by atoms with E-state index in [2.05, 4.69) is 10.6 Å². The number of carbonyl (C=O) groups is 5. The van der Waals surface area contributed by atoms with Gasteiger partial charge in [0.25, 0.3) is 17.7 Å². The molecule has 9 heteroatoms. The standard InChI is InChI=1S/C21H21N3O6/c25-17-6-5-16(19(27)23-17)24-20(28)12-3-2-11(8-14(12)21(24)29)30-9-18(26)22-15-4-1-10-7-13(10)15/h2-3,8,10,13,15-16H,1,4-7,9H2,(H,22,26)(H,23,25,27). The van der Waals surface area contributed by atoms with Crippen molar-refractivity contribution < 1.29 is 28.7 Å². The first kappa shape index (κ1) is 18.8. The predicted octanol–water partition coefficient (Wildman–Crippen LogP) is 0.381. The molecule has 2 heterocycles. The van der Waals surface area contributed by atoms with Crippen LogP contribution in [-0.2, 0) is 14.4 Å². The van der Waals surface area contributed by atoms with E-state index in [1.165, 1.54) is 31.0 Å². The van der Waals surface area contributed by atoms with Gasteiger partial charge in [-0.3, -0.25) is 34.2 Å². The van der Waals surface area contributed by atoms with Gasteiger partial charge in [-0.1, -0.05) is 0 Å². The van der Waals surface area contributed by atoms with Crippen LogP contribution < -0.4 is 15.4 Å². The Morgan fingerprint density at radius 2 is 1.90 bits per heavy atom. The number of amides is 5. The minimum Gasteiger partial charge on any atom is -0.484 e. The molecule has 0 aromatic heterocycles. The van der Waals surface area contributed by atoms with Gasteiger partial charge in [0.1, 0.15) is 11.8 Å². The fourth-order valence-electron chi connectivity index (χ4n) is 4.82. The summed E-state index contributed by atoms with van der Waals surface area (Å²) >= 11 is 0. The Kier molecular flexibility index (Phi) is 4.34. The van der Waals surface area contributed by atoms with Crippen LogP contribution in [0.25, 0.3) is 0 Å². The van der Waals surface area contributed by atoms with Crippen molar-refractivity contribution in [3.63, 3.8) is 0 Å². The molecule has 1 aromatic carbocycles. The Bertz CT molecular complexity index is 989. The van der Waals surface area contributed by atoms with Crippen molar-refractivity contribution in [3.8, 4) is 5.75 Å². The van der Waals surface area contributed by atoms with Gasteiger partial charge in [0.2, 0.25) is 11.8 Å². The van der Waals surface area contributed by atoms with Crippen LogP contribution in [0.2, 0.25) is 0 Å². The van der Waals surface area contributed by atoms with Gasteiger partial charge in [0.15, 0.2) is 6.61 Å². The quantitative estimate of drug-likeness (QED) is 0.676. The zero-order chi connectivity index (χ0) is 21.0. The molecule has 0 bridgehead atoms. The maximum Gasteiger partial charge on any atom is 0.262 e. The first-order valence-electron chi connectivity index (χ1n) is 10.2. The highest BCUT2D eigenvalue weighted by Gasteiger charge is 2.48. The van der Waals surface area contributed by atoms with Gasteiger partial charge >= 0.3 is 0 Å². The molecule has 156 valence electrons. The van der Waals surface area contributed by atoms with Crippen molar-refractivity contribution in [3.05, 3.63) is 29.3 Å². The Morgan fingerprint density at radius 3 is 2.60 bits per heavy atom. The number of nitrogens with one attached hydrogen (secondary N) is 2. The van der Waals surface area contributed by atoms with Gasteiger partial charge in [-0.15, -0.1) is 0 Å². The van der Waals surface area contributed by atoms with E-state index < -0.39 is 29.7 Å². The van der Waals surface area contributed by atoms with Crippen molar-refractivity contribution in [2.45, 2.75) is 44.2 Å². The Hall–Kier alpha value is -3.23. The summed E-state index contributed by atoms with van der Waals surface area (Å²) in [5.41, 5.74) is 0.298. The van der Waals surface area contributed by atoms with Crippen molar-refractivity contribution in [2.24, 2.45) is 11.8 Å². The zero-order valence-electron chi connectivity index (χ0n) is 16.2. The number of hydrogen-bond donors (Lipinski definition) is 2. The molecule has 2 saturated carbocycles. The molecule has 2 aliphatic carbocycles. The number of piperidine rings is 1. The second-order valence-corrected chi connectivity index (χ2v) is 8.35. The number of fused-ring (bicyclic) bond motifs is 2. The number of hydrogen-bond acceptors (Lipinski definition) is 6. The van der Waals surface area contributed by atoms with Gasteiger partial charge in [-0.25, -0.2) is 0 Å². The Morgan fingerprint density at radius 1 is 1.10 bits per heavy atom. The topological polar surface area (TPSA) is 122 Å². The molecule has 0 radical (unpaired) electrons. The van der Waals surface area contributed by atoms with Crippen molar-refractivity contribution in [1.82, 2.24) is 15.5 Å². The minimum absolute atomic E-state index is 0.0654. The smallest absolute Gasteiger partial charge is 0.262 e. The summed E-state index contributed by atoms with van der Waals surface area (Å²) in [5, 5.41) is 5.16. The van der Waals surface area contributed by atoms with Gasteiger partial charge in [-0.2, -0.15) is 0 Å². The first-order valence-corrected chi connectivity index (χ1v) is 10.2. The number of nitrogens with zero attached hydrogens (tertiary/aromatic N) is 1. The van der Waals surface area contributed by atoms with Crippen LogP contribution in [-0.4, -0.2) is 53.1 Å². The van der Waals surface area contributed by atoms with Gasteiger partial charge < -0.3 is 10.1 Å². The molecule has 30 heavy (non-hydrogen) atoms. The lowest BCUT2D eigenvalue weighted by molar-refractivity contribution is -0.136. The Balaban J connectivity index is 1.24. The van der Waals surface area contributed by atoms with E-state index in [4.69, 9.17) is 4.74 Å². The van der Waals surface area contributed by atoms with Crippen molar-refractivity contribution in [2.75, 3.05) is 6.61 Å². The SMILES string of the molecule is O=C1CCC(N2C(=O)c3ccc(OCC(=O)NC4CCC5CC54)cc3C2=O)C(=O)N1. The molecule has 1 aromatic rings. The van der Waals surface area contributed by atoms with Crippen LogP contribution in [0, 0.1) is 11.8 Å². The summed E-state index contributed by atoms with van der Waals surface area (Å²) in [5.74, 6) is -0.791. The molecule has 5 rings (SSSR count). The molecular formula is C21H21N3O6. The normalized spacial score (nSPS) is 29.4. The van der Waals surface area contributed by atoms with Crippen molar-refractivity contribution >= 4 is 29.5 Å². The van der Waals surface area contributed by atoms with E-state index in [0.717, 1.165) is 17.2 Å². The zero-order valence-corrected chi connectivity index (χ0v) is 16.2. The molecular weight excluding hydrogens is 390 g/mol. The summed E-state index contributed by atoms with van der Waals surface area (Å²) in [7, 11) is 0. The second kappa shape index (κ2) is 6.93. The van der Waals surface area contributed by atoms with E-state index in [-0.39, 0.29) is 42.5 Å². The molecule has 1 saturated heterocycles. The molecule has 0 spiro atoms. The average molecular weight is 411 g/mol. The maximum absolute atomic E-state index is 12.8. The summed E-state index contributed by atoms with van der Waals surface area (Å²) in [6.07, 6.45) is 3.53. The van der Waals surface area contributed by atoms with Gasteiger partial charge in [0, 0.05) is 12.5 Å². The highest BCUT2D eigenvalue weighted by atomic mass is 16.5. The van der Waals surface area contributed by atoms with Crippen molar-refractivity contribution in [1.29, 1.82) is 0 Å². The summed E-state index contributed by atoms with van der Waals surface area (Å²) < 4.78 is 5.53. The third kappa shape index (κ3) is 3.14. The predicted molar refractivity (Wildman–Crippen MR) is 101 cm³/mol. The fourth-order valence-corrected chi connectivity index (χ4v) is 4.82. The average Bonchev–Trinajstić information content (AvgIpc) is 3.34. The van der Waals surface area contributed by atoms with Crippen LogP contribution in [0.15, 0.2) is 18.2 Å². The molecule has 4 unspecified atom stereocenters. The first-order chi connectivity index (χ1) is 14.4. The highest BCUT2D eigenvalue weighted by Crippen LogP contribution is 2.51. The number of benzene rings is 1. The van der Waals surface area contributed by atoms with E-state index in [9.17, 15) is 24.0 Å². The molecule has 2 N–H and O–H groups in total. The number of rotatable bonds is 5. The molecule has 4 aliphatic rings. The lowest BCUT2D eigenvalue weighted by atomic mass is 10.0. The fraction of sp³-hybridized carbons (Fsp3) is 0.476. The van der Waals surface area contributed by atoms with Crippen LogP contribution in [0.1, 0.15) is 52.8 Å². The number of imide groups is 2. The largest absolute Gasteiger partial charge is 0.484 e. The summed E-state index contributed by atoms with van der Waals surface area (Å²) in [4.78, 5) is 62.0. The maximum atomic E-state index is 12.8. The third-order valence-electron chi connectivity index (χ3n) is 6.47. The Labute approximate surface area is 172 Å². The van der Waals surface area contributed by atoms with Gasteiger partial charge in [-0.05, 0) is 55.7 Å². The van der Waals surface area contributed by atoms with E-state index in [1.54, 1.807) is 0 Å². The van der Waals surface area contributed by atoms with E-state index in [0.29, 0.717) is 11.7 Å². The molecule has 2 aliphatic heterocycles. The molecule has 9 nitrogen and oxygen atoms in total. The number of ether oxygens (including phenoxy) is 1. The highest BCUT2D eigenvalue weighted by molar-refractivity contribution is 6.23. The second-order valence-electron chi connectivity index (χ2n) is 8.35.